The van der Waals surface area contributed by atoms with Crippen LogP contribution in [-0.4, -0.2) is 63.0 Å². The molecule has 1 fully saturated rings. The first-order valence-corrected chi connectivity index (χ1v) is 13.4. The molecule has 1 saturated heterocycles. The number of thiazole rings is 1. The number of amides is 2. The van der Waals surface area contributed by atoms with Crippen LogP contribution in [0.5, 0.6) is 23.0 Å². The first kappa shape index (κ1) is 24.8. The number of aryl methyl sites for hydroxylation is 1. The molecule has 6 rings (SSSR count). The summed E-state index contributed by atoms with van der Waals surface area (Å²) in [5.41, 5.74) is 2.04. The van der Waals surface area contributed by atoms with Crippen LogP contribution < -0.4 is 14.8 Å². The van der Waals surface area contributed by atoms with Gasteiger partial charge in [0.2, 0.25) is 5.91 Å². The Morgan fingerprint density at radius 1 is 1.13 bits per heavy atom. The first-order chi connectivity index (χ1) is 19.0. The maximum absolute atomic E-state index is 13.5. The highest BCUT2D eigenvalue weighted by Crippen LogP contribution is 2.40. The highest BCUT2D eigenvalue weighted by Gasteiger charge is 2.38. The van der Waals surface area contributed by atoms with E-state index in [0.29, 0.717) is 47.5 Å². The lowest BCUT2D eigenvalue weighted by atomic mass is 9.93. The van der Waals surface area contributed by atoms with Crippen molar-refractivity contribution in [1.29, 1.82) is 0 Å². The van der Waals surface area contributed by atoms with E-state index in [1.165, 1.54) is 11.3 Å². The summed E-state index contributed by atoms with van der Waals surface area (Å²) in [4.78, 5) is 41.1. The topological polar surface area (TPSA) is 127 Å². The predicted octanol–water partition coefficient (Wildman–Crippen LogP) is 3.78. The lowest BCUT2D eigenvalue weighted by Gasteiger charge is -2.21. The number of phenolic OH excluding ortho intramolecular Hbond substituents is 1. The maximum atomic E-state index is 13.5. The fraction of sp³-hybridized carbons (Fsp3) is 0.250. The van der Waals surface area contributed by atoms with Crippen LogP contribution in [0.3, 0.4) is 0 Å². The molecular weight excluding hydrogens is 518 g/mol. The summed E-state index contributed by atoms with van der Waals surface area (Å²) in [6.45, 7) is 0.712. The number of methoxy groups -OCH3 is 1. The van der Waals surface area contributed by atoms with Gasteiger partial charge in [0.15, 0.2) is 33.8 Å². The number of aromatic nitrogens is 3. The Kier molecular flexibility index (Phi) is 6.57. The summed E-state index contributed by atoms with van der Waals surface area (Å²) in [5, 5.41) is 15.8. The van der Waals surface area contributed by atoms with E-state index in [-0.39, 0.29) is 41.7 Å². The van der Waals surface area contributed by atoms with Gasteiger partial charge in [-0.2, -0.15) is 0 Å². The Bertz CT molecular complexity index is 1540. The fourth-order valence-corrected chi connectivity index (χ4v) is 5.69. The Balaban J connectivity index is 1.32. The Morgan fingerprint density at radius 3 is 2.79 bits per heavy atom. The third-order valence-corrected chi connectivity index (χ3v) is 7.77. The molecule has 0 radical (unpaired) electrons. The minimum absolute atomic E-state index is 0.00965. The number of rotatable bonds is 3. The van der Waals surface area contributed by atoms with Gasteiger partial charge in [0.05, 0.1) is 13.2 Å². The van der Waals surface area contributed by atoms with Gasteiger partial charge in [-0.1, -0.05) is 12.1 Å². The lowest BCUT2D eigenvalue weighted by Crippen LogP contribution is -2.40. The number of hydrogen-bond donors (Lipinski definition) is 2. The largest absolute Gasteiger partial charge is 0.504 e. The third-order valence-electron chi connectivity index (χ3n) is 6.93. The summed E-state index contributed by atoms with van der Waals surface area (Å²) in [5.74, 6) is 1.15. The number of nitrogens with one attached hydrogen (secondary N) is 1. The van der Waals surface area contributed by atoms with Gasteiger partial charge in [0.25, 0.3) is 5.91 Å². The smallest absolute Gasteiger partial charge is 0.273 e. The van der Waals surface area contributed by atoms with Crippen LogP contribution >= 0.6 is 11.3 Å². The summed E-state index contributed by atoms with van der Waals surface area (Å²) in [6.07, 6.45) is 4.00. The minimum atomic E-state index is -0.310. The minimum Gasteiger partial charge on any atom is -0.504 e. The molecule has 2 amide bonds. The molecule has 2 aliphatic heterocycles. The molecule has 11 heteroatoms. The second-order valence-corrected chi connectivity index (χ2v) is 10.3. The van der Waals surface area contributed by atoms with Gasteiger partial charge in [-0.15, -0.1) is 11.3 Å². The van der Waals surface area contributed by atoms with Crippen molar-refractivity contribution in [3.8, 4) is 33.8 Å². The van der Waals surface area contributed by atoms with E-state index in [4.69, 9.17) is 9.47 Å². The number of hydrogen-bond acceptors (Lipinski definition) is 9. The average Bonchev–Trinajstić information content (AvgIpc) is 3.61. The van der Waals surface area contributed by atoms with E-state index in [2.05, 4.69) is 20.3 Å². The van der Waals surface area contributed by atoms with Gasteiger partial charge >= 0.3 is 0 Å². The van der Waals surface area contributed by atoms with Crippen LogP contribution in [0.2, 0.25) is 0 Å². The van der Waals surface area contributed by atoms with E-state index >= 15 is 0 Å². The van der Waals surface area contributed by atoms with Crippen LogP contribution in [-0.2, 0) is 11.2 Å². The van der Waals surface area contributed by atoms with Crippen molar-refractivity contribution in [1.82, 2.24) is 25.2 Å². The predicted molar refractivity (Wildman–Crippen MR) is 143 cm³/mol. The molecule has 4 heterocycles. The molecule has 2 atom stereocenters. The number of aromatic hydroxyl groups is 1. The van der Waals surface area contributed by atoms with Gasteiger partial charge in [0.1, 0.15) is 5.69 Å². The molecule has 198 valence electrons. The number of nitrogens with zero attached hydrogens (tertiary/aromatic N) is 4. The van der Waals surface area contributed by atoms with Crippen molar-refractivity contribution in [2.24, 2.45) is 0 Å². The molecule has 2 aliphatic rings. The van der Waals surface area contributed by atoms with Gasteiger partial charge in [-0.25, -0.2) is 15.0 Å². The lowest BCUT2D eigenvalue weighted by molar-refractivity contribution is -0.121. The molecule has 39 heavy (non-hydrogen) atoms. The first-order valence-electron chi connectivity index (χ1n) is 12.5. The molecule has 2 N–H and O–H groups in total. The van der Waals surface area contributed by atoms with Crippen LogP contribution in [0.15, 0.2) is 60.2 Å². The quantitative estimate of drug-likeness (QED) is 0.400. The van der Waals surface area contributed by atoms with E-state index in [1.54, 1.807) is 60.1 Å². The van der Waals surface area contributed by atoms with E-state index in [0.717, 1.165) is 11.1 Å². The number of benzene rings is 2. The monoisotopic (exact) mass is 543 g/mol. The second kappa shape index (κ2) is 10.3. The SMILES string of the molecule is COc1ccc2cc1Oc1cc(ccc1O)CCC(=O)N[C@@H]1CN(C(=O)c3csc(-c4ncccn4)n3)C[C@@H]21. The molecule has 0 aliphatic carbocycles. The van der Waals surface area contributed by atoms with Gasteiger partial charge in [0, 0.05) is 43.2 Å². The average molecular weight is 544 g/mol. The standard InChI is InChI=1S/C28H25N5O5S/c1-37-22-7-5-17-12-24(22)38-23-11-16(3-6-21(23)34)4-8-25(35)31-19-14-33(13-18(17)19)28(36)20-15-39-27(32-20)26-29-9-2-10-30-26/h2-3,5-7,9-12,15,18-19,34H,4,8,13-14H2,1H3,(H,31,35)/t18-,19+/m0/s1. The maximum Gasteiger partial charge on any atom is 0.273 e. The third kappa shape index (κ3) is 5.00. The van der Waals surface area contributed by atoms with Gasteiger partial charge in [-0.05, 0) is 47.9 Å². The molecule has 2 aromatic heterocycles. The van der Waals surface area contributed by atoms with Crippen molar-refractivity contribution in [2.45, 2.75) is 24.8 Å². The van der Waals surface area contributed by atoms with E-state index in [9.17, 15) is 14.7 Å². The second-order valence-electron chi connectivity index (χ2n) is 9.42. The van der Waals surface area contributed by atoms with Crippen molar-refractivity contribution in [2.75, 3.05) is 20.2 Å². The molecule has 0 unspecified atom stereocenters. The highest BCUT2D eigenvalue weighted by molar-refractivity contribution is 7.13. The molecule has 4 bridgehead atoms. The van der Waals surface area contributed by atoms with E-state index < -0.39 is 0 Å². The Morgan fingerprint density at radius 2 is 1.97 bits per heavy atom. The number of ether oxygens (including phenoxy) is 2. The van der Waals surface area contributed by atoms with Crippen molar-refractivity contribution < 1.29 is 24.2 Å². The summed E-state index contributed by atoms with van der Waals surface area (Å²) >= 11 is 1.31. The van der Waals surface area contributed by atoms with Crippen molar-refractivity contribution in [3.63, 3.8) is 0 Å². The van der Waals surface area contributed by atoms with E-state index in [1.807, 2.05) is 12.1 Å². The number of carbonyl (C=O) groups is 2. The molecule has 0 spiro atoms. The summed E-state index contributed by atoms with van der Waals surface area (Å²) < 4.78 is 11.6. The zero-order valence-electron chi connectivity index (χ0n) is 21.0. The fourth-order valence-electron chi connectivity index (χ4n) is 4.95. The Labute approximate surface area is 228 Å². The van der Waals surface area contributed by atoms with Gasteiger partial charge in [-0.3, -0.25) is 9.59 Å². The highest BCUT2D eigenvalue weighted by atomic mass is 32.1. The number of fused-ring (bicyclic) bond motifs is 6. The zero-order valence-corrected chi connectivity index (χ0v) is 21.9. The van der Waals surface area contributed by atoms with Crippen LogP contribution in [0.25, 0.3) is 10.8 Å². The van der Waals surface area contributed by atoms with Crippen molar-refractivity contribution in [3.05, 3.63) is 77.1 Å². The van der Waals surface area contributed by atoms with Crippen molar-refractivity contribution >= 4 is 23.2 Å². The molecule has 4 aromatic rings. The van der Waals surface area contributed by atoms with Crippen LogP contribution in [0.4, 0.5) is 0 Å². The molecular formula is C28H25N5O5S. The normalized spacial score (nSPS) is 18.6. The number of likely N-dealkylation sites (tertiary alicyclic amines) is 1. The molecule has 2 aromatic carbocycles. The van der Waals surface area contributed by atoms with Crippen LogP contribution in [0, 0.1) is 0 Å². The zero-order chi connectivity index (χ0) is 26.9. The molecule has 10 nitrogen and oxygen atoms in total. The summed E-state index contributed by atoms with van der Waals surface area (Å²) in [7, 11) is 1.55. The van der Waals surface area contributed by atoms with Crippen LogP contribution in [0.1, 0.15) is 34.0 Å². The number of carbonyl (C=O) groups excluding carboxylic acids is 2. The Hall–Kier alpha value is -4.51. The summed E-state index contributed by atoms with van der Waals surface area (Å²) in [6, 6.07) is 12.0. The van der Waals surface area contributed by atoms with Gasteiger partial charge < -0.3 is 24.8 Å². The number of phenols is 1. The molecule has 0 saturated carbocycles.